The first-order valence-electron chi connectivity index (χ1n) is 8.05. The fraction of sp³-hybridized carbons (Fsp3) is 0.235. The molecule has 1 fully saturated rings. The van der Waals surface area contributed by atoms with E-state index >= 15 is 0 Å². The van der Waals surface area contributed by atoms with Crippen LogP contribution in [0.3, 0.4) is 0 Å². The summed E-state index contributed by atoms with van der Waals surface area (Å²) in [6.45, 7) is 2.44. The van der Waals surface area contributed by atoms with Gasteiger partial charge in [-0.15, -0.1) is 0 Å². The Balaban J connectivity index is 1.56. The van der Waals surface area contributed by atoms with Gasteiger partial charge in [-0.2, -0.15) is 5.10 Å². The highest BCUT2D eigenvalue weighted by Crippen LogP contribution is 2.26. The number of carbonyl (C=O) groups is 1. The van der Waals surface area contributed by atoms with Crippen LogP contribution >= 0.6 is 0 Å². The average molecular weight is 338 g/mol. The number of carboxylic acid groups (broad SMARTS) is 1. The number of benzene rings is 1. The Morgan fingerprint density at radius 2 is 1.76 bits per heavy atom. The molecule has 0 aliphatic carbocycles. The molecule has 4 rings (SSSR count). The van der Waals surface area contributed by atoms with E-state index in [2.05, 4.69) is 27.1 Å². The zero-order chi connectivity index (χ0) is 17.4. The van der Waals surface area contributed by atoms with Crippen molar-refractivity contribution in [2.45, 2.75) is 0 Å². The van der Waals surface area contributed by atoms with E-state index in [0.29, 0.717) is 32.0 Å². The number of nitrogens with two attached hydrogens (primary N) is 1. The molecule has 2 aromatic heterocycles. The number of amides is 1. The summed E-state index contributed by atoms with van der Waals surface area (Å²) in [5, 5.41) is 13.3. The second kappa shape index (κ2) is 5.97. The van der Waals surface area contributed by atoms with E-state index in [1.54, 1.807) is 4.52 Å². The third-order valence-electron chi connectivity index (χ3n) is 4.56. The zero-order valence-corrected chi connectivity index (χ0v) is 13.5. The zero-order valence-electron chi connectivity index (χ0n) is 13.5. The van der Waals surface area contributed by atoms with Crippen LogP contribution in [-0.4, -0.2) is 56.9 Å². The number of hydrogen-bond acceptors (Lipinski definition) is 5. The molecule has 0 radical (unpaired) electrons. The Bertz CT molecular complexity index is 913. The molecule has 1 saturated heterocycles. The van der Waals surface area contributed by atoms with Gasteiger partial charge in [-0.05, 0) is 24.3 Å². The highest BCUT2D eigenvalue weighted by Gasteiger charge is 2.20. The summed E-state index contributed by atoms with van der Waals surface area (Å²) in [5.41, 5.74) is 9.73. The first-order valence-corrected chi connectivity index (χ1v) is 8.05. The summed E-state index contributed by atoms with van der Waals surface area (Å²) in [7, 11) is 0. The highest BCUT2D eigenvalue weighted by molar-refractivity contribution is 5.74. The van der Waals surface area contributed by atoms with Crippen molar-refractivity contribution < 1.29 is 9.90 Å². The summed E-state index contributed by atoms with van der Waals surface area (Å²) in [6, 6.07) is 12.1. The second-order valence-electron chi connectivity index (χ2n) is 5.96. The molecule has 8 nitrogen and oxygen atoms in total. The van der Waals surface area contributed by atoms with Crippen LogP contribution in [0.5, 0.6) is 0 Å². The number of nitrogens with zero attached hydrogens (tertiary/aromatic N) is 5. The van der Waals surface area contributed by atoms with Crippen molar-refractivity contribution in [1.82, 2.24) is 19.5 Å². The van der Waals surface area contributed by atoms with Crippen LogP contribution < -0.4 is 10.6 Å². The molecule has 3 aromatic rings. The third-order valence-corrected chi connectivity index (χ3v) is 4.56. The predicted octanol–water partition coefficient (Wildman–Crippen LogP) is 1.78. The molecular weight excluding hydrogens is 320 g/mol. The Morgan fingerprint density at radius 3 is 2.44 bits per heavy atom. The van der Waals surface area contributed by atoms with Gasteiger partial charge in [-0.25, -0.2) is 14.3 Å². The van der Waals surface area contributed by atoms with Crippen LogP contribution in [0.25, 0.3) is 16.8 Å². The molecular formula is C17H18N6O2. The van der Waals surface area contributed by atoms with Crippen LogP contribution in [0.4, 0.5) is 16.3 Å². The normalized spacial score (nSPS) is 14.9. The van der Waals surface area contributed by atoms with E-state index in [1.165, 1.54) is 11.2 Å². The van der Waals surface area contributed by atoms with Gasteiger partial charge < -0.3 is 20.6 Å². The molecule has 1 aromatic carbocycles. The number of hydrogen-bond donors (Lipinski definition) is 2. The molecule has 0 bridgehead atoms. The average Bonchev–Trinajstić information content (AvgIpc) is 3.07. The van der Waals surface area contributed by atoms with Crippen LogP contribution in [0.2, 0.25) is 0 Å². The molecule has 0 unspecified atom stereocenters. The summed E-state index contributed by atoms with van der Waals surface area (Å²) < 4.78 is 1.78. The number of rotatable bonds is 2. The van der Waals surface area contributed by atoms with Crippen molar-refractivity contribution >= 4 is 23.1 Å². The van der Waals surface area contributed by atoms with Gasteiger partial charge in [-0.1, -0.05) is 12.1 Å². The van der Waals surface area contributed by atoms with Crippen LogP contribution in [0, 0.1) is 0 Å². The third kappa shape index (κ3) is 2.71. The van der Waals surface area contributed by atoms with E-state index in [9.17, 15) is 4.79 Å². The second-order valence-corrected chi connectivity index (χ2v) is 5.96. The maximum atomic E-state index is 11.0. The van der Waals surface area contributed by atoms with Crippen LogP contribution in [0.15, 0.2) is 42.7 Å². The van der Waals surface area contributed by atoms with Crippen LogP contribution in [0.1, 0.15) is 0 Å². The molecule has 25 heavy (non-hydrogen) atoms. The minimum atomic E-state index is -0.851. The molecule has 128 valence electrons. The smallest absolute Gasteiger partial charge is 0.407 e. The van der Waals surface area contributed by atoms with E-state index in [1.807, 2.05) is 24.3 Å². The number of anilines is 2. The molecule has 0 saturated carbocycles. The maximum Gasteiger partial charge on any atom is 0.407 e. The number of nitrogen functional groups attached to an aromatic ring is 1. The van der Waals surface area contributed by atoms with Crippen LogP contribution in [-0.2, 0) is 0 Å². The van der Waals surface area contributed by atoms with Gasteiger partial charge >= 0.3 is 6.09 Å². The maximum absolute atomic E-state index is 11.0. The Labute approximate surface area is 144 Å². The number of aromatic nitrogens is 3. The SMILES string of the molecule is Nc1ncnn2c(-c3ccc(N4CCN(C(=O)O)CC4)cc3)ccc12. The lowest BCUT2D eigenvalue weighted by Gasteiger charge is -2.34. The lowest BCUT2D eigenvalue weighted by Crippen LogP contribution is -2.48. The standard InChI is InChI=1S/C17H18N6O2/c18-16-15-6-5-14(23(15)20-11-19-16)12-1-3-13(4-2-12)21-7-9-22(10-8-21)17(24)25/h1-6,11H,7-10H2,(H,24,25)(H2,18,19,20). The van der Waals surface area contributed by atoms with Crippen molar-refractivity contribution in [2.75, 3.05) is 36.8 Å². The van der Waals surface area contributed by atoms with Gasteiger partial charge in [0, 0.05) is 37.4 Å². The molecule has 3 N–H and O–H groups in total. The summed E-state index contributed by atoms with van der Waals surface area (Å²) in [5.74, 6) is 0.453. The first-order chi connectivity index (χ1) is 12.1. The molecule has 0 atom stereocenters. The monoisotopic (exact) mass is 338 g/mol. The number of piperazine rings is 1. The van der Waals surface area contributed by atoms with E-state index in [4.69, 9.17) is 10.8 Å². The molecule has 1 aliphatic rings. The summed E-state index contributed by atoms with van der Waals surface area (Å²) in [6.07, 6.45) is 0.596. The predicted molar refractivity (Wildman–Crippen MR) is 94.6 cm³/mol. The lowest BCUT2D eigenvalue weighted by molar-refractivity contribution is 0.142. The van der Waals surface area contributed by atoms with Crippen molar-refractivity contribution in [3.8, 4) is 11.3 Å². The van der Waals surface area contributed by atoms with Gasteiger partial charge in [0.15, 0.2) is 5.82 Å². The largest absolute Gasteiger partial charge is 0.465 e. The quantitative estimate of drug-likeness (QED) is 0.739. The van der Waals surface area contributed by atoms with E-state index in [0.717, 1.165) is 22.5 Å². The van der Waals surface area contributed by atoms with Gasteiger partial charge in [-0.3, -0.25) is 0 Å². The van der Waals surface area contributed by atoms with Gasteiger partial charge in [0.2, 0.25) is 0 Å². The fourth-order valence-corrected chi connectivity index (χ4v) is 3.17. The highest BCUT2D eigenvalue weighted by atomic mass is 16.4. The van der Waals surface area contributed by atoms with Gasteiger partial charge in [0.1, 0.15) is 11.8 Å². The Morgan fingerprint density at radius 1 is 1.04 bits per heavy atom. The minimum absolute atomic E-state index is 0.453. The Hall–Kier alpha value is -3.29. The molecule has 0 spiro atoms. The minimum Gasteiger partial charge on any atom is -0.465 e. The van der Waals surface area contributed by atoms with E-state index in [-0.39, 0.29) is 0 Å². The molecule has 1 aliphatic heterocycles. The summed E-state index contributed by atoms with van der Waals surface area (Å²) >= 11 is 0. The number of fused-ring (bicyclic) bond motifs is 1. The topological polar surface area (TPSA) is 100.0 Å². The van der Waals surface area contributed by atoms with Crippen molar-refractivity contribution in [3.05, 3.63) is 42.7 Å². The van der Waals surface area contributed by atoms with Crippen molar-refractivity contribution in [2.24, 2.45) is 0 Å². The van der Waals surface area contributed by atoms with Gasteiger partial charge in [0.05, 0.1) is 5.69 Å². The Kier molecular flexibility index (Phi) is 3.64. The van der Waals surface area contributed by atoms with Gasteiger partial charge in [0.25, 0.3) is 0 Å². The van der Waals surface area contributed by atoms with Crippen molar-refractivity contribution in [1.29, 1.82) is 0 Å². The lowest BCUT2D eigenvalue weighted by atomic mass is 10.1. The first kappa shape index (κ1) is 15.3. The van der Waals surface area contributed by atoms with E-state index < -0.39 is 6.09 Å². The van der Waals surface area contributed by atoms with Crippen molar-refractivity contribution in [3.63, 3.8) is 0 Å². The molecule has 1 amide bonds. The molecule has 8 heteroatoms. The fourth-order valence-electron chi connectivity index (χ4n) is 3.17. The molecule has 3 heterocycles. The summed E-state index contributed by atoms with van der Waals surface area (Å²) in [4.78, 5) is 18.6.